The lowest BCUT2D eigenvalue weighted by Crippen LogP contribution is -2.42. The molecule has 0 aliphatic carbocycles. The normalized spacial score (nSPS) is 16.3. The van der Waals surface area contributed by atoms with Gasteiger partial charge in [0.15, 0.2) is 5.82 Å². The summed E-state index contributed by atoms with van der Waals surface area (Å²) >= 11 is 6.47. The van der Waals surface area contributed by atoms with Crippen molar-refractivity contribution in [3.8, 4) is 0 Å². The Bertz CT molecular complexity index is 1360. The molecule has 3 N–H and O–H groups in total. The zero-order chi connectivity index (χ0) is 27.6. The number of aryl methyl sites for hydroxylation is 2. The van der Waals surface area contributed by atoms with Gasteiger partial charge in [0, 0.05) is 44.8 Å². The van der Waals surface area contributed by atoms with Gasteiger partial charge in [-0.05, 0) is 57.2 Å². The van der Waals surface area contributed by atoms with Crippen LogP contribution in [0.5, 0.6) is 0 Å². The molecular formula is C27H38ClN7O3. The third-order valence-electron chi connectivity index (χ3n) is 6.98. The second-order valence-electron chi connectivity index (χ2n) is 11.1. The van der Waals surface area contributed by atoms with Gasteiger partial charge in [-0.3, -0.25) is 13.9 Å². The van der Waals surface area contributed by atoms with E-state index in [0.717, 1.165) is 42.7 Å². The van der Waals surface area contributed by atoms with Crippen molar-refractivity contribution in [1.82, 2.24) is 24.4 Å². The molecule has 1 unspecified atom stereocenters. The van der Waals surface area contributed by atoms with Crippen molar-refractivity contribution in [3.63, 3.8) is 0 Å². The highest BCUT2D eigenvalue weighted by Gasteiger charge is 2.24. The van der Waals surface area contributed by atoms with E-state index in [2.05, 4.69) is 20.5 Å². The van der Waals surface area contributed by atoms with Gasteiger partial charge in [0.05, 0.1) is 22.8 Å². The number of rotatable bonds is 9. The average Bonchev–Trinajstić information content (AvgIpc) is 3.11. The van der Waals surface area contributed by atoms with Crippen LogP contribution < -0.4 is 21.2 Å². The SMILES string of the molecule is CC(C)C(=O)NCC1CCCN(c2ncc(Cl)c(Nc3ccc4c(c3)n(CCC(C)(C)O)c(=O)n4C)n2)C1. The van der Waals surface area contributed by atoms with Crippen LogP contribution in [-0.2, 0) is 18.4 Å². The van der Waals surface area contributed by atoms with Gasteiger partial charge in [-0.15, -0.1) is 0 Å². The Morgan fingerprint density at radius 1 is 1.29 bits per heavy atom. The Labute approximate surface area is 228 Å². The van der Waals surface area contributed by atoms with Gasteiger partial charge < -0.3 is 20.6 Å². The van der Waals surface area contributed by atoms with E-state index in [1.54, 1.807) is 36.2 Å². The lowest BCUT2D eigenvalue weighted by Gasteiger charge is -2.33. The number of nitrogens with zero attached hydrogens (tertiary/aromatic N) is 5. The number of halogens is 1. The third kappa shape index (κ3) is 6.47. The van der Waals surface area contributed by atoms with Crippen molar-refractivity contribution in [2.75, 3.05) is 29.9 Å². The van der Waals surface area contributed by atoms with Crippen molar-refractivity contribution in [2.45, 2.75) is 59.1 Å². The van der Waals surface area contributed by atoms with Gasteiger partial charge in [-0.25, -0.2) is 9.78 Å². The molecule has 3 heterocycles. The molecule has 4 rings (SSSR count). The first kappa shape index (κ1) is 27.9. The van der Waals surface area contributed by atoms with E-state index in [0.29, 0.717) is 42.2 Å². The van der Waals surface area contributed by atoms with Gasteiger partial charge in [-0.2, -0.15) is 4.98 Å². The minimum Gasteiger partial charge on any atom is -0.390 e. The van der Waals surface area contributed by atoms with Crippen molar-refractivity contribution in [3.05, 3.63) is 39.9 Å². The van der Waals surface area contributed by atoms with Crippen LogP contribution in [-0.4, -0.2) is 55.4 Å². The number of nitrogens with one attached hydrogen (secondary N) is 2. The number of carbonyl (C=O) groups excluding carboxylic acids is 1. The van der Waals surface area contributed by atoms with Gasteiger partial charge in [0.25, 0.3) is 0 Å². The van der Waals surface area contributed by atoms with Crippen LogP contribution in [0.2, 0.25) is 5.02 Å². The first-order valence-corrected chi connectivity index (χ1v) is 13.5. The highest BCUT2D eigenvalue weighted by atomic mass is 35.5. The van der Waals surface area contributed by atoms with Gasteiger partial charge in [0.2, 0.25) is 11.9 Å². The van der Waals surface area contributed by atoms with E-state index in [9.17, 15) is 14.7 Å². The van der Waals surface area contributed by atoms with Crippen molar-refractivity contribution in [2.24, 2.45) is 18.9 Å². The lowest BCUT2D eigenvalue weighted by atomic mass is 9.98. The number of aromatic nitrogens is 4. The summed E-state index contributed by atoms with van der Waals surface area (Å²) in [5.41, 5.74) is 1.29. The van der Waals surface area contributed by atoms with Crippen LogP contribution in [0, 0.1) is 11.8 Å². The first-order valence-electron chi connectivity index (χ1n) is 13.2. The van der Waals surface area contributed by atoms with E-state index >= 15 is 0 Å². The molecule has 0 spiro atoms. The fourth-order valence-electron chi connectivity index (χ4n) is 4.69. The first-order chi connectivity index (χ1) is 17.9. The molecule has 0 bridgehead atoms. The zero-order valence-electron chi connectivity index (χ0n) is 22.8. The molecule has 1 fully saturated rings. The summed E-state index contributed by atoms with van der Waals surface area (Å²) in [5.74, 6) is 1.42. The van der Waals surface area contributed by atoms with Crippen molar-refractivity contribution in [1.29, 1.82) is 0 Å². The Morgan fingerprint density at radius 2 is 2.05 bits per heavy atom. The molecule has 1 atom stereocenters. The van der Waals surface area contributed by atoms with Crippen LogP contribution in [0.4, 0.5) is 17.5 Å². The fraction of sp³-hybridized carbons (Fsp3) is 0.556. The minimum absolute atomic E-state index is 0.0331. The maximum atomic E-state index is 12.8. The number of benzene rings is 1. The summed E-state index contributed by atoms with van der Waals surface area (Å²) in [6.07, 6.45) is 4.07. The number of aliphatic hydroxyl groups is 1. The Morgan fingerprint density at radius 3 is 2.76 bits per heavy atom. The monoisotopic (exact) mass is 543 g/mol. The number of anilines is 3. The molecule has 1 aromatic carbocycles. The highest BCUT2D eigenvalue weighted by Crippen LogP contribution is 2.28. The molecule has 2 aromatic heterocycles. The van der Waals surface area contributed by atoms with Crippen LogP contribution in [0.15, 0.2) is 29.2 Å². The largest absolute Gasteiger partial charge is 0.390 e. The van der Waals surface area contributed by atoms with E-state index in [4.69, 9.17) is 16.6 Å². The number of hydrogen-bond acceptors (Lipinski definition) is 7. The third-order valence-corrected chi connectivity index (χ3v) is 7.25. The Hall–Kier alpha value is -3.11. The predicted octanol–water partition coefficient (Wildman–Crippen LogP) is 3.68. The quantitative estimate of drug-likeness (QED) is 0.377. The lowest BCUT2D eigenvalue weighted by molar-refractivity contribution is -0.124. The fourth-order valence-corrected chi connectivity index (χ4v) is 4.82. The molecule has 1 aliphatic heterocycles. The number of imidazole rings is 1. The van der Waals surface area contributed by atoms with E-state index in [1.165, 1.54) is 0 Å². The molecular weight excluding hydrogens is 506 g/mol. The predicted molar refractivity (Wildman–Crippen MR) is 151 cm³/mol. The van der Waals surface area contributed by atoms with Gasteiger partial charge in [-0.1, -0.05) is 25.4 Å². The maximum absolute atomic E-state index is 12.8. The zero-order valence-corrected chi connectivity index (χ0v) is 23.5. The summed E-state index contributed by atoms with van der Waals surface area (Å²) < 4.78 is 3.28. The number of amides is 1. The Kier molecular flexibility index (Phi) is 8.32. The summed E-state index contributed by atoms with van der Waals surface area (Å²) in [6, 6.07) is 5.67. The van der Waals surface area contributed by atoms with Crippen molar-refractivity contribution < 1.29 is 9.90 Å². The number of piperidine rings is 1. The molecule has 1 amide bonds. The molecule has 3 aromatic rings. The second-order valence-corrected chi connectivity index (χ2v) is 11.5. The smallest absolute Gasteiger partial charge is 0.328 e. The van der Waals surface area contributed by atoms with E-state index < -0.39 is 5.60 Å². The van der Waals surface area contributed by atoms with E-state index in [-0.39, 0.29) is 17.5 Å². The topological polar surface area (TPSA) is 117 Å². The highest BCUT2D eigenvalue weighted by molar-refractivity contribution is 6.32. The van der Waals surface area contributed by atoms with Crippen LogP contribution in [0.1, 0.15) is 47.0 Å². The number of carbonyl (C=O) groups is 1. The number of hydrogen-bond donors (Lipinski definition) is 3. The van der Waals surface area contributed by atoms with E-state index in [1.807, 2.05) is 32.0 Å². The van der Waals surface area contributed by atoms with Crippen LogP contribution in [0.25, 0.3) is 11.0 Å². The van der Waals surface area contributed by atoms with Crippen LogP contribution in [0.3, 0.4) is 0 Å². The van der Waals surface area contributed by atoms with Crippen LogP contribution >= 0.6 is 11.6 Å². The van der Waals surface area contributed by atoms with Gasteiger partial charge >= 0.3 is 5.69 Å². The van der Waals surface area contributed by atoms with Crippen molar-refractivity contribution >= 4 is 46.0 Å². The average molecular weight is 544 g/mol. The minimum atomic E-state index is -0.879. The summed E-state index contributed by atoms with van der Waals surface area (Å²) in [7, 11) is 1.74. The second kappa shape index (κ2) is 11.3. The number of fused-ring (bicyclic) bond motifs is 1. The molecule has 38 heavy (non-hydrogen) atoms. The van der Waals surface area contributed by atoms with Gasteiger partial charge in [0.1, 0.15) is 5.02 Å². The summed E-state index contributed by atoms with van der Waals surface area (Å²) in [4.78, 5) is 36.2. The Balaban J connectivity index is 1.53. The molecule has 11 heteroatoms. The molecule has 0 radical (unpaired) electrons. The standard InChI is InChI=1S/C27H38ClN7O3/c1-17(2)24(36)29-14-18-7-6-11-34(16-18)25-30-15-20(28)23(32-25)31-19-8-9-21-22(13-19)35(26(37)33(21)5)12-10-27(3,4)38/h8-9,13,15,17-18,38H,6-7,10-12,14,16H2,1-5H3,(H,29,36)(H,30,31,32). The molecule has 10 nitrogen and oxygen atoms in total. The summed E-state index contributed by atoms with van der Waals surface area (Å²) in [6.45, 7) is 9.87. The molecule has 0 saturated carbocycles. The maximum Gasteiger partial charge on any atom is 0.328 e. The molecule has 206 valence electrons. The summed E-state index contributed by atoms with van der Waals surface area (Å²) in [5, 5.41) is 16.9. The molecule has 1 aliphatic rings. The molecule has 1 saturated heterocycles.